The third-order valence-corrected chi connectivity index (χ3v) is 5.94. The molecule has 0 radical (unpaired) electrons. The number of methoxy groups -OCH3 is 1. The number of anilines is 1. The second kappa shape index (κ2) is 11.6. The van der Waals surface area contributed by atoms with E-state index in [0.717, 1.165) is 33.2 Å². The normalized spacial score (nSPS) is 11.2. The number of imidazole rings is 1. The average molecular weight is 489 g/mol. The third kappa shape index (κ3) is 6.03. The molecule has 1 amide bonds. The van der Waals surface area contributed by atoms with E-state index in [1.807, 2.05) is 48.7 Å². The molecule has 2 aromatic carbocycles. The summed E-state index contributed by atoms with van der Waals surface area (Å²) in [6.07, 6.45) is 6.83. The molecule has 2 heterocycles. The van der Waals surface area contributed by atoms with E-state index in [9.17, 15) is 9.18 Å². The number of ether oxygens (including phenoxy) is 1. The summed E-state index contributed by atoms with van der Waals surface area (Å²) in [5.41, 5.74) is 4.11. The molecule has 0 atom stereocenters. The van der Waals surface area contributed by atoms with Crippen LogP contribution in [0.15, 0.2) is 84.2 Å². The quantitative estimate of drug-likeness (QED) is 0.239. The van der Waals surface area contributed by atoms with Crippen molar-refractivity contribution in [1.29, 1.82) is 0 Å². The number of hydrogen-bond donors (Lipinski definition) is 1. The van der Waals surface area contributed by atoms with Gasteiger partial charge in [0.05, 0.1) is 18.0 Å². The Labute approximate surface area is 207 Å². The van der Waals surface area contributed by atoms with E-state index in [4.69, 9.17) is 9.72 Å². The molecule has 0 aliphatic heterocycles. The van der Waals surface area contributed by atoms with Gasteiger partial charge in [0.15, 0.2) is 5.16 Å². The smallest absolute Gasteiger partial charge is 0.249 e. The van der Waals surface area contributed by atoms with Crippen LogP contribution in [0.25, 0.3) is 28.6 Å². The maximum absolute atomic E-state index is 13.6. The lowest BCUT2D eigenvalue weighted by Gasteiger charge is -2.13. The molecule has 2 aromatic heterocycles. The number of rotatable bonds is 9. The highest BCUT2D eigenvalue weighted by molar-refractivity contribution is 7.98. The molecule has 4 rings (SSSR count). The lowest BCUT2D eigenvalue weighted by Crippen LogP contribution is -2.10. The third-order valence-electron chi connectivity index (χ3n) is 5.26. The fourth-order valence-electron chi connectivity index (χ4n) is 3.63. The van der Waals surface area contributed by atoms with Crippen molar-refractivity contribution in [2.45, 2.75) is 11.7 Å². The standard InChI is InChI=1S/C27H25FN4O2S/c1-34-17-16-32-26(25(31-27(32)35-2)20-9-11-22(28)12-10-20)21-14-15-29-23(18-21)30-24(33)13-8-19-6-4-3-5-7-19/h3-15,18H,16-17H2,1-2H3,(H,29,30,33)/b13-8-. The van der Waals surface area contributed by atoms with Crippen molar-refractivity contribution in [3.63, 3.8) is 0 Å². The maximum Gasteiger partial charge on any atom is 0.249 e. The van der Waals surface area contributed by atoms with Crippen molar-refractivity contribution in [2.24, 2.45) is 0 Å². The van der Waals surface area contributed by atoms with Crippen molar-refractivity contribution in [3.05, 3.63) is 90.4 Å². The first kappa shape index (κ1) is 24.4. The molecule has 0 bridgehead atoms. The minimum Gasteiger partial charge on any atom is -0.383 e. The highest BCUT2D eigenvalue weighted by Crippen LogP contribution is 2.36. The summed E-state index contributed by atoms with van der Waals surface area (Å²) in [6, 6.07) is 19.5. The molecule has 0 fully saturated rings. The zero-order chi connectivity index (χ0) is 24.6. The number of thioether (sulfide) groups is 1. The number of carbonyl (C=O) groups is 1. The number of aromatic nitrogens is 3. The topological polar surface area (TPSA) is 69.0 Å². The molecule has 0 unspecified atom stereocenters. The first-order valence-electron chi connectivity index (χ1n) is 11.0. The fraction of sp³-hybridized carbons (Fsp3) is 0.148. The van der Waals surface area contributed by atoms with Crippen LogP contribution in [0.2, 0.25) is 0 Å². The van der Waals surface area contributed by atoms with Crippen LogP contribution in [-0.4, -0.2) is 40.4 Å². The van der Waals surface area contributed by atoms with Gasteiger partial charge in [-0.1, -0.05) is 42.1 Å². The Hall–Kier alpha value is -3.75. The molecule has 8 heteroatoms. The molecule has 0 spiro atoms. The molecule has 4 aromatic rings. The van der Waals surface area contributed by atoms with E-state index in [2.05, 4.69) is 14.9 Å². The SMILES string of the molecule is COCCn1c(SC)nc(-c2ccc(F)cc2)c1-c1ccnc(NC(=O)/C=C\c2ccccc2)c1. The predicted molar refractivity (Wildman–Crippen MR) is 139 cm³/mol. The number of hydrogen-bond acceptors (Lipinski definition) is 5. The summed E-state index contributed by atoms with van der Waals surface area (Å²) in [5, 5.41) is 3.64. The highest BCUT2D eigenvalue weighted by Gasteiger charge is 2.20. The van der Waals surface area contributed by atoms with Crippen molar-refractivity contribution >= 4 is 29.6 Å². The van der Waals surface area contributed by atoms with Gasteiger partial charge in [-0.2, -0.15) is 0 Å². The van der Waals surface area contributed by atoms with Crippen LogP contribution < -0.4 is 5.32 Å². The monoisotopic (exact) mass is 488 g/mol. The van der Waals surface area contributed by atoms with Gasteiger partial charge in [0.1, 0.15) is 11.6 Å². The molecule has 0 aliphatic carbocycles. The lowest BCUT2D eigenvalue weighted by molar-refractivity contribution is -0.111. The summed E-state index contributed by atoms with van der Waals surface area (Å²) >= 11 is 1.52. The molecular weight excluding hydrogens is 463 g/mol. The van der Waals surface area contributed by atoms with Crippen LogP contribution in [0.4, 0.5) is 10.2 Å². The van der Waals surface area contributed by atoms with E-state index < -0.39 is 0 Å². The Morgan fingerprint density at radius 3 is 2.60 bits per heavy atom. The lowest BCUT2D eigenvalue weighted by atomic mass is 10.1. The zero-order valence-corrected chi connectivity index (χ0v) is 20.3. The van der Waals surface area contributed by atoms with E-state index in [0.29, 0.717) is 19.0 Å². The van der Waals surface area contributed by atoms with Gasteiger partial charge in [-0.15, -0.1) is 0 Å². The van der Waals surface area contributed by atoms with Crippen molar-refractivity contribution < 1.29 is 13.9 Å². The van der Waals surface area contributed by atoms with E-state index in [1.165, 1.54) is 30.0 Å². The second-order valence-electron chi connectivity index (χ2n) is 7.61. The van der Waals surface area contributed by atoms with Crippen LogP contribution in [0.3, 0.4) is 0 Å². The number of carbonyl (C=O) groups excluding carboxylic acids is 1. The minimum atomic E-state index is -0.309. The summed E-state index contributed by atoms with van der Waals surface area (Å²) in [6.45, 7) is 1.08. The van der Waals surface area contributed by atoms with Crippen LogP contribution in [-0.2, 0) is 16.1 Å². The van der Waals surface area contributed by atoms with E-state index in [-0.39, 0.29) is 11.7 Å². The first-order valence-corrected chi connectivity index (χ1v) is 12.2. The van der Waals surface area contributed by atoms with Gasteiger partial charge in [-0.25, -0.2) is 14.4 Å². The fourth-order valence-corrected chi connectivity index (χ4v) is 4.22. The molecule has 6 nitrogen and oxygen atoms in total. The Bertz CT molecular complexity index is 1320. The van der Waals surface area contributed by atoms with Crippen LogP contribution in [0.5, 0.6) is 0 Å². The largest absolute Gasteiger partial charge is 0.383 e. The summed E-state index contributed by atoms with van der Waals surface area (Å²) in [4.78, 5) is 21.7. The van der Waals surface area contributed by atoms with Gasteiger partial charge in [-0.05, 0) is 54.3 Å². The van der Waals surface area contributed by atoms with Crippen molar-refractivity contribution in [1.82, 2.24) is 14.5 Å². The molecule has 178 valence electrons. The van der Waals surface area contributed by atoms with Crippen molar-refractivity contribution in [2.75, 3.05) is 25.3 Å². The second-order valence-corrected chi connectivity index (χ2v) is 8.38. The Kier molecular flexibility index (Phi) is 8.07. The summed E-state index contributed by atoms with van der Waals surface area (Å²) in [5.74, 6) is -0.174. The molecule has 0 aliphatic rings. The van der Waals surface area contributed by atoms with Gasteiger partial charge in [-0.3, -0.25) is 4.79 Å². The number of halogens is 1. The number of nitrogens with one attached hydrogen (secondary N) is 1. The Morgan fingerprint density at radius 2 is 1.89 bits per heavy atom. The summed E-state index contributed by atoms with van der Waals surface area (Å²) in [7, 11) is 1.65. The van der Waals surface area contributed by atoms with Gasteiger partial charge < -0.3 is 14.6 Å². The Morgan fingerprint density at radius 1 is 1.11 bits per heavy atom. The van der Waals surface area contributed by atoms with Gasteiger partial charge in [0.25, 0.3) is 0 Å². The van der Waals surface area contributed by atoms with Gasteiger partial charge in [0.2, 0.25) is 5.91 Å². The maximum atomic E-state index is 13.6. The predicted octanol–water partition coefficient (Wildman–Crippen LogP) is 5.77. The molecule has 35 heavy (non-hydrogen) atoms. The van der Waals surface area contributed by atoms with Crippen LogP contribution >= 0.6 is 11.8 Å². The number of nitrogens with zero attached hydrogens (tertiary/aromatic N) is 3. The highest BCUT2D eigenvalue weighted by atomic mass is 32.2. The van der Waals surface area contributed by atoms with Crippen molar-refractivity contribution in [3.8, 4) is 22.5 Å². The van der Waals surface area contributed by atoms with Gasteiger partial charge in [0, 0.05) is 37.1 Å². The first-order chi connectivity index (χ1) is 17.1. The summed E-state index contributed by atoms with van der Waals surface area (Å²) < 4.78 is 21.0. The van der Waals surface area contributed by atoms with Gasteiger partial charge >= 0.3 is 0 Å². The molecule has 0 saturated heterocycles. The minimum absolute atomic E-state index is 0.282. The Balaban J connectivity index is 1.70. The number of amides is 1. The number of pyridine rings is 1. The van der Waals surface area contributed by atoms with Crippen LogP contribution in [0.1, 0.15) is 5.56 Å². The molecule has 1 N–H and O–H groups in total. The average Bonchev–Trinajstić information content (AvgIpc) is 3.26. The van der Waals surface area contributed by atoms with E-state index in [1.54, 1.807) is 31.5 Å². The van der Waals surface area contributed by atoms with Crippen LogP contribution in [0, 0.1) is 5.82 Å². The van der Waals surface area contributed by atoms with E-state index >= 15 is 0 Å². The molecule has 0 saturated carbocycles. The molecular formula is C27H25FN4O2S. The number of benzene rings is 2. The zero-order valence-electron chi connectivity index (χ0n) is 19.4.